The van der Waals surface area contributed by atoms with E-state index in [1.807, 2.05) is 49.3 Å². The Hall–Kier alpha value is -6.70. The van der Waals surface area contributed by atoms with Gasteiger partial charge in [-0.2, -0.15) is 15.2 Å². The first-order chi connectivity index (χ1) is 30.9. The summed E-state index contributed by atoms with van der Waals surface area (Å²) in [4.78, 5) is 63.3. The zero-order valence-corrected chi connectivity index (χ0v) is 36.9. The van der Waals surface area contributed by atoms with Gasteiger partial charge in [-0.25, -0.2) is 0 Å². The molecule has 2 heterocycles. The number of hydrogen-bond acceptors (Lipinski definition) is 11. The number of amides is 4. The minimum atomic E-state index is -1.67. The monoisotopic (exact) mass is 898 g/mol. The number of halogens is 2. The maximum atomic E-state index is 15.6. The topological polar surface area (TPSA) is 153 Å². The van der Waals surface area contributed by atoms with Crippen molar-refractivity contribution in [3.8, 4) is 17.2 Å². The molecule has 4 aliphatic rings. The molecule has 1 saturated carbocycles. The molecule has 3 fully saturated rings. The van der Waals surface area contributed by atoms with E-state index in [9.17, 15) is 14.7 Å². The number of ether oxygens (including phenoxy) is 2. The predicted octanol–water partition coefficient (Wildman–Crippen LogP) is 9.78. The van der Waals surface area contributed by atoms with E-state index in [4.69, 9.17) is 32.7 Å². The maximum absolute atomic E-state index is 15.6. The number of azo groups is 1. The highest BCUT2D eigenvalue weighted by Gasteiger charge is 2.70. The molecule has 15 heteroatoms. The van der Waals surface area contributed by atoms with E-state index in [1.165, 1.54) is 18.1 Å². The molecule has 0 bridgehead atoms. The molecule has 9 rings (SSSR count). The molecule has 5 aromatic rings. The Kier molecular flexibility index (Phi) is 11.2. The second-order valence-electron chi connectivity index (χ2n) is 16.5. The number of hydrogen-bond donors (Lipinski definition) is 2. The lowest BCUT2D eigenvalue weighted by atomic mass is 9.49. The molecule has 0 spiro atoms. The maximum Gasteiger partial charge on any atom is 0.260 e. The van der Waals surface area contributed by atoms with Crippen LogP contribution in [0.4, 0.5) is 28.4 Å². The molecule has 326 valence electrons. The number of aromatic hydroxyl groups is 1. The molecule has 2 N–H and O–H groups in total. The van der Waals surface area contributed by atoms with Crippen molar-refractivity contribution in [2.45, 2.75) is 31.1 Å². The third-order valence-electron chi connectivity index (χ3n) is 13.0. The number of para-hydroxylation sites is 1. The third kappa shape index (κ3) is 6.94. The van der Waals surface area contributed by atoms with E-state index in [0.29, 0.717) is 44.5 Å². The van der Waals surface area contributed by atoms with Crippen molar-refractivity contribution in [1.29, 1.82) is 0 Å². The highest BCUT2D eigenvalue weighted by Crippen LogP contribution is 2.65. The van der Waals surface area contributed by atoms with Crippen LogP contribution < -0.4 is 24.7 Å². The molecular formula is C49H44Cl2N6O7. The number of carbonyl (C=O) groups excluding carboxylic acids is 4. The Bertz CT molecular complexity index is 2740. The van der Waals surface area contributed by atoms with E-state index in [2.05, 4.69) is 15.7 Å². The lowest BCUT2D eigenvalue weighted by Crippen LogP contribution is -2.53. The van der Waals surface area contributed by atoms with Crippen molar-refractivity contribution in [3.05, 3.63) is 142 Å². The van der Waals surface area contributed by atoms with E-state index in [1.54, 1.807) is 85.8 Å². The molecule has 0 unspecified atom stereocenters. The number of imide groups is 2. The molecule has 0 radical (unpaired) electrons. The SMILES string of the molecule is CCOc1cccc([C@H]2C3=CC[C@@H]4C(=O)N(c5ccc(N=Nc6ccc(N(C)C)cc6)cc5)C(=O)[C@@H]4[C@@H]3C[C@H]3C(=O)N(Nc4ccc(Cl)cc4Cl)C(=O)[C@@]23c2ccc(OC)cc2)c1O. The summed E-state index contributed by atoms with van der Waals surface area (Å²) in [6, 6.07) is 31.1. The smallest absolute Gasteiger partial charge is 0.260 e. The highest BCUT2D eigenvalue weighted by molar-refractivity contribution is 6.36. The largest absolute Gasteiger partial charge is 0.504 e. The van der Waals surface area contributed by atoms with Gasteiger partial charge >= 0.3 is 0 Å². The fourth-order valence-corrected chi connectivity index (χ4v) is 10.5. The number of nitrogens with zero attached hydrogens (tertiary/aromatic N) is 5. The summed E-state index contributed by atoms with van der Waals surface area (Å²) in [7, 11) is 5.45. The molecule has 5 aromatic carbocycles. The molecule has 2 aliphatic heterocycles. The van der Waals surface area contributed by atoms with E-state index >= 15 is 9.59 Å². The predicted molar refractivity (Wildman–Crippen MR) is 244 cm³/mol. The van der Waals surface area contributed by atoms with Crippen LogP contribution in [0.15, 0.2) is 131 Å². The number of phenols is 1. The lowest BCUT2D eigenvalue weighted by molar-refractivity contribution is -0.138. The fraction of sp³-hybridized carbons (Fsp3) is 0.265. The van der Waals surface area contributed by atoms with Gasteiger partial charge in [-0.3, -0.25) is 29.5 Å². The molecule has 2 aliphatic carbocycles. The van der Waals surface area contributed by atoms with Gasteiger partial charge in [-0.1, -0.05) is 59.1 Å². The summed E-state index contributed by atoms with van der Waals surface area (Å²) in [5, 5.41) is 22.3. The van der Waals surface area contributed by atoms with Crippen LogP contribution in [0.3, 0.4) is 0 Å². The number of hydrazine groups is 1. The molecular weight excluding hydrogens is 855 g/mol. The molecule has 2 saturated heterocycles. The second kappa shape index (κ2) is 16.8. The minimum Gasteiger partial charge on any atom is -0.504 e. The van der Waals surface area contributed by atoms with Crippen LogP contribution in [0.5, 0.6) is 17.2 Å². The summed E-state index contributed by atoms with van der Waals surface area (Å²) in [6.07, 6.45) is 2.16. The van der Waals surface area contributed by atoms with Crippen LogP contribution in [0.25, 0.3) is 0 Å². The number of anilines is 3. The summed E-state index contributed by atoms with van der Waals surface area (Å²) < 4.78 is 11.4. The van der Waals surface area contributed by atoms with Crippen molar-refractivity contribution >= 4 is 75.3 Å². The van der Waals surface area contributed by atoms with Gasteiger partial charge < -0.3 is 19.5 Å². The van der Waals surface area contributed by atoms with E-state index in [-0.39, 0.29) is 47.6 Å². The van der Waals surface area contributed by atoms with Crippen LogP contribution in [0.1, 0.15) is 36.8 Å². The van der Waals surface area contributed by atoms with Crippen LogP contribution >= 0.6 is 23.2 Å². The Balaban J connectivity index is 1.13. The quantitative estimate of drug-likeness (QED) is 0.0750. The summed E-state index contributed by atoms with van der Waals surface area (Å²) >= 11 is 12.8. The number of phenolic OH excluding ortho intramolecular Hbond substituents is 1. The summed E-state index contributed by atoms with van der Waals surface area (Å²) in [5.74, 6) is -5.79. The van der Waals surface area contributed by atoms with Gasteiger partial charge in [-0.15, -0.1) is 0 Å². The van der Waals surface area contributed by atoms with E-state index in [0.717, 1.165) is 10.7 Å². The van der Waals surface area contributed by atoms with Crippen molar-refractivity contribution < 1.29 is 33.8 Å². The minimum absolute atomic E-state index is 0.0419. The second-order valence-corrected chi connectivity index (χ2v) is 17.3. The Labute approximate surface area is 379 Å². The van der Waals surface area contributed by atoms with Gasteiger partial charge in [0.25, 0.3) is 11.8 Å². The zero-order valence-electron chi connectivity index (χ0n) is 35.4. The van der Waals surface area contributed by atoms with Crippen molar-refractivity contribution in [2.24, 2.45) is 33.9 Å². The number of carbonyl (C=O) groups is 4. The number of benzene rings is 5. The molecule has 6 atom stereocenters. The van der Waals surface area contributed by atoms with Crippen molar-refractivity contribution in [3.63, 3.8) is 0 Å². The molecule has 64 heavy (non-hydrogen) atoms. The first-order valence-electron chi connectivity index (χ1n) is 20.9. The molecule has 0 aromatic heterocycles. The highest BCUT2D eigenvalue weighted by atomic mass is 35.5. The third-order valence-corrected chi connectivity index (χ3v) is 13.5. The number of methoxy groups -OCH3 is 1. The van der Waals surface area contributed by atoms with Crippen LogP contribution in [-0.4, -0.2) is 61.6 Å². The van der Waals surface area contributed by atoms with Crippen molar-refractivity contribution in [2.75, 3.05) is 43.0 Å². The number of nitrogens with one attached hydrogen (secondary N) is 1. The standard InChI is InChI=1S/C49H44Cl2N6O7/c1-5-64-41-8-6-7-36(44(41)58)43-34-22-23-35-42(47(61)56(45(35)59)32-18-14-30(15-19-32)53-52-29-12-16-31(17-13-29)55(2)3)37(34)26-38-46(60)57(54-40-24-11-28(50)25-39(40)51)48(62)49(38,43)27-9-20-33(63-4)21-10-27/h6-22,24-25,35,37-38,42-43,54,58H,5,23,26H2,1-4H3/t35-,37+,38-,42-,43+,49+/m0/s1. The fourth-order valence-electron chi connectivity index (χ4n) is 10.1. The van der Waals surface area contributed by atoms with Crippen LogP contribution in [0.2, 0.25) is 10.0 Å². The normalized spacial score (nSPS) is 23.8. The first-order valence-corrected chi connectivity index (χ1v) is 21.7. The Morgan fingerprint density at radius 1 is 0.844 bits per heavy atom. The van der Waals surface area contributed by atoms with Gasteiger partial charge in [0, 0.05) is 36.3 Å². The van der Waals surface area contributed by atoms with Crippen LogP contribution in [-0.2, 0) is 24.6 Å². The lowest BCUT2D eigenvalue weighted by Gasteiger charge is -2.50. The van der Waals surface area contributed by atoms with Gasteiger partial charge in [-0.05, 0) is 116 Å². The zero-order chi connectivity index (χ0) is 45.0. The summed E-state index contributed by atoms with van der Waals surface area (Å²) in [5.41, 5.74) is 5.70. The van der Waals surface area contributed by atoms with Crippen LogP contribution in [0, 0.1) is 23.7 Å². The molecule has 4 amide bonds. The van der Waals surface area contributed by atoms with Gasteiger partial charge in [0.05, 0.1) is 64.7 Å². The average Bonchev–Trinajstić information content (AvgIpc) is 3.68. The molecule has 13 nitrogen and oxygen atoms in total. The Morgan fingerprint density at radius 2 is 1.53 bits per heavy atom. The van der Waals surface area contributed by atoms with Crippen molar-refractivity contribution in [1.82, 2.24) is 5.01 Å². The van der Waals surface area contributed by atoms with Gasteiger partial charge in [0.2, 0.25) is 11.8 Å². The summed E-state index contributed by atoms with van der Waals surface area (Å²) in [6.45, 7) is 2.05. The van der Waals surface area contributed by atoms with Gasteiger partial charge in [0.15, 0.2) is 11.5 Å². The number of allylic oxidation sites excluding steroid dienone is 2. The van der Waals surface area contributed by atoms with E-state index < -0.39 is 52.7 Å². The van der Waals surface area contributed by atoms with Gasteiger partial charge in [0.1, 0.15) is 5.75 Å². The average molecular weight is 900 g/mol. The first kappa shape index (κ1) is 42.6. The number of fused-ring (bicyclic) bond motifs is 4. The Morgan fingerprint density at radius 3 is 2.17 bits per heavy atom. The number of rotatable bonds is 11.